The molecule has 4 aromatic rings. The summed E-state index contributed by atoms with van der Waals surface area (Å²) in [7, 11) is 0. The van der Waals surface area contributed by atoms with Crippen molar-refractivity contribution in [1.82, 2.24) is 9.97 Å². The first-order valence-corrected chi connectivity index (χ1v) is 11.0. The molecule has 2 aromatic heterocycles. The van der Waals surface area contributed by atoms with E-state index in [4.69, 9.17) is 0 Å². The number of quaternary nitrogens is 2. The van der Waals surface area contributed by atoms with Crippen LogP contribution in [0.2, 0.25) is 0 Å². The smallest absolute Gasteiger partial charge is 0.143 e. The average Bonchev–Trinajstić information content (AvgIpc) is 3.12. The summed E-state index contributed by atoms with van der Waals surface area (Å²) >= 11 is 0. The van der Waals surface area contributed by atoms with E-state index in [1.165, 1.54) is 59.5 Å². The maximum Gasteiger partial charge on any atom is 0.143 e. The fraction of sp³-hybridized carbons (Fsp3) is 0.269. The van der Waals surface area contributed by atoms with Crippen molar-refractivity contribution < 1.29 is 9.80 Å². The van der Waals surface area contributed by atoms with E-state index >= 15 is 0 Å². The van der Waals surface area contributed by atoms with Crippen molar-refractivity contribution in [3.63, 3.8) is 0 Å². The van der Waals surface area contributed by atoms with Crippen molar-refractivity contribution in [2.24, 2.45) is 0 Å². The molecule has 1 fully saturated rings. The van der Waals surface area contributed by atoms with Crippen molar-refractivity contribution in [3.8, 4) is 0 Å². The Labute approximate surface area is 178 Å². The van der Waals surface area contributed by atoms with Gasteiger partial charge in [0.2, 0.25) is 0 Å². The number of aromatic amines is 1. The first-order valence-electron chi connectivity index (χ1n) is 11.0. The summed E-state index contributed by atoms with van der Waals surface area (Å²) in [6, 6.07) is 24.2. The van der Waals surface area contributed by atoms with Gasteiger partial charge in [-0.05, 0) is 25.1 Å². The molecule has 1 atom stereocenters. The van der Waals surface area contributed by atoms with Gasteiger partial charge in [-0.1, -0.05) is 48.5 Å². The third kappa shape index (κ3) is 3.76. The molecule has 4 nitrogen and oxygen atoms in total. The summed E-state index contributed by atoms with van der Waals surface area (Å²) in [5.74, 6) is 0. The largest absolute Gasteiger partial charge is 0.358 e. The minimum atomic E-state index is 0.313. The van der Waals surface area contributed by atoms with Crippen LogP contribution in [0.25, 0.3) is 10.9 Å². The number of piperazine rings is 1. The molecule has 1 aliphatic rings. The number of nitrogens with zero attached hydrogens (tertiary/aromatic N) is 1. The zero-order valence-corrected chi connectivity index (χ0v) is 17.6. The van der Waals surface area contributed by atoms with Gasteiger partial charge in [0.05, 0.1) is 0 Å². The Hall–Kier alpha value is -2.95. The van der Waals surface area contributed by atoms with Crippen molar-refractivity contribution in [2.45, 2.75) is 19.5 Å². The highest BCUT2D eigenvalue weighted by molar-refractivity contribution is 5.85. The van der Waals surface area contributed by atoms with E-state index in [1.807, 2.05) is 6.20 Å². The molecule has 0 spiro atoms. The summed E-state index contributed by atoms with van der Waals surface area (Å²) in [5, 5.41) is 1.34. The lowest BCUT2D eigenvalue weighted by atomic mass is 9.95. The van der Waals surface area contributed by atoms with Gasteiger partial charge in [0.25, 0.3) is 0 Å². The zero-order valence-electron chi connectivity index (χ0n) is 17.6. The molecular weight excluding hydrogens is 368 g/mol. The quantitative estimate of drug-likeness (QED) is 0.472. The third-order valence-corrected chi connectivity index (χ3v) is 6.55. The molecule has 0 saturated carbocycles. The first kappa shape index (κ1) is 19.0. The molecule has 2 aromatic carbocycles. The number of aromatic nitrogens is 2. The van der Waals surface area contributed by atoms with Crippen LogP contribution < -0.4 is 9.80 Å². The van der Waals surface area contributed by atoms with Gasteiger partial charge >= 0.3 is 0 Å². The monoisotopic (exact) mass is 398 g/mol. The number of rotatable bonds is 5. The molecule has 152 valence electrons. The highest BCUT2D eigenvalue weighted by Gasteiger charge is 2.34. The van der Waals surface area contributed by atoms with Crippen LogP contribution in [-0.4, -0.2) is 36.1 Å². The Morgan fingerprint density at radius 2 is 1.67 bits per heavy atom. The summed E-state index contributed by atoms with van der Waals surface area (Å²) < 4.78 is 0. The Kier molecular flexibility index (Phi) is 5.35. The van der Waals surface area contributed by atoms with Gasteiger partial charge in [0, 0.05) is 45.7 Å². The van der Waals surface area contributed by atoms with Gasteiger partial charge in [-0.15, -0.1) is 0 Å². The maximum absolute atomic E-state index is 4.46. The van der Waals surface area contributed by atoms with Gasteiger partial charge in [0.15, 0.2) is 0 Å². The van der Waals surface area contributed by atoms with Crippen molar-refractivity contribution >= 4 is 10.9 Å². The number of hydrogen-bond acceptors (Lipinski definition) is 1. The molecule has 3 heterocycles. The van der Waals surface area contributed by atoms with E-state index in [0.717, 1.165) is 6.54 Å². The minimum Gasteiger partial charge on any atom is -0.358 e. The van der Waals surface area contributed by atoms with Crippen molar-refractivity contribution in [3.05, 3.63) is 102 Å². The van der Waals surface area contributed by atoms with Gasteiger partial charge in [-0.25, -0.2) is 0 Å². The summed E-state index contributed by atoms with van der Waals surface area (Å²) in [6.45, 7) is 8.07. The maximum atomic E-state index is 4.46. The molecule has 0 bridgehead atoms. The number of para-hydroxylation sites is 1. The van der Waals surface area contributed by atoms with Crippen LogP contribution >= 0.6 is 0 Å². The molecule has 0 unspecified atom stereocenters. The van der Waals surface area contributed by atoms with E-state index < -0.39 is 0 Å². The van der Waals surface area contributed by atoms with Crippen molar-refractivity contribution in [2.75, 3.05) is 26.2 Å². The van der Waals surface area contributed by atoms with Gasteiger partial charge in [-0.2, -0.15) is 0 Å². The van der Waals surface area contributed by atoms with E-state index in [9.17, 15) is 0 Å². The molecule has 0 amide bonds. The van der Waals surface area contributed by atoms with E-state index in [-0.39, 0.29) is 0 Å². The normalized spacial score (nSPS) is 20.3. The number of pyridine rings is 1. The van der Waals surface area contributed by atoms with Crippen LogP contribution in [0.1, 0.15) is 28.4 Å². The number of aryl methyl sites for hydroxylation is 1. The fourth-order valence-electron chi connectivity index (χ4n) is 5.10. The van der Waals surface area contributed by atoms with E-state index in [0.29, 0.717) is 6.04 Å². The second-order valence-electron chi connectivity index (χ2n) is 8.50. The Morgan fingerprint density at radius 1 is 0.900 bits per heavy atom. The van der Waals surface area contributed by atoms with Crippen LogP contribution in [0.3, 0.4) is 0 Å². The molecule has 3 N–H and O–H groups in total. The number of fused-ring (bicyclic) bond motifs is 1. The van der Waals surface area contributed by atoms with E-state index in [2.05, 4.69) is 89.8 Å². The van der Waals surface area contributed by atoms with Gasteiger partial charge < -0.3 is 14.8 Å². The first-order chi connectivity index (χ1) is 14.8. The molecule has 1 saturated heterocycles. The second kappa shape index (κ2) is 8.42. The van der Waals surface area contributed by atoms with E-state index in [1.54, 1.807) is 9.80 Å². The third-order valence-electron chi connectivity index (χ3n) is 6.55. The van der Waals surface area contributed by atoms with Crippen LogP contribution in [0.4, 0.5) is 0 Å². The molecule has 0 aliphatic carbocycles. The summed E-state index contributed by atoms with van der Waals surface area (Å²) in [4.78, 5) is 11.4. The second-order valence-corrected chi connectivity index (χ2v) is 8.50. The molecular formula is C26H30N4+2. The Morgan fingerprint density at radius 3 is 2.43 bits per heavy atom. The zero-order chi connectivity index (χ0) is 20.3. The number of nitrogens with one attached hydrogen (secondary N) is 3. The number of hydrogen-bond donors (Lipinski definition) is 3. The predicted octanol–water partition coefficient (Wildman–Crippen LogP) is 1.94. The molecule has 1 aliphatic heterocycles. The Balaban J connectivity index is 1.43. The van der Waals surface area contributed by atoms with Gasteiger partial charge in [-0.3, -0.25) is 4.98 Å². The fourth-order valence-corrected chi connectivity index (χ4v) is 5.10. The molecule has 30 heavy (non-hydrogen) atoms. The molecule has 0 radical (unpaired) electrons. The molecule has 5 rings (SSSR count). The lowest BCUT2D eigenvalue weighted by molar-refractivity contribution is -1.03. The highest BCUT2D eigenvalue weighted by Crippen LogP contribution is 2.30. The van der Waals surface area contributed by atoms with Crippen LogP contribution in [0.15, 0.2) is 79.1 Å². The van der Waals surface area contributed by atoms with Crippen LogP contribution in [0.5, 0.6) is 0 Å². The van der Waals surface area contributed by atoms with Crippen LogP contribution in [0, 0.1) is 6.92 Å². The lowest BCUT2D eigenvalue weighted by Gasteiger charge is -2.35. The topological polar surface area (TPSA) is 37.6 Å². The standard InChI is InChI=1S/C26H28N4/c1-20-25(23-11-5-6-12-24(23)28-20)26(22-10-7-13-27-18-22)30-16-14-29(15-17-30)19-21-8-3-2-4-9-21/h2-13,18,26,28H,14-17,19H2,1H3/p+2/t26-/m0/s1. The summed E-state index contributed by atoms with van der Waals surface area (Å²) in [6.07, 6.45) is 3.93. The SMILES string of the molecule is Cc1[nH]c2ccccc2c1[C@H](c1cccnc1)[NH+]1CC[NH+](Cc2ccccc2)CC1. The van der Waals surface area contributed by atoms with Crippen LogP contribution in [-0.2, 0) is 6.54 Å². The number of H-pyrrole nitrogens is 1. The highest BCUT2D eigenvalue weighted by atomic mass is 15.3. The predicted molar refractivity (Wildman–Crippen MR) is 121 cm³/mol. The average molecular weight is 399 g/mol. The molecule has 4 heteroatoms. The van der Waals surface area contributed by atoms with Crippen molar-refractivity contribution in [1.29, 1.82) is 0 Å². The van der Waals surface area contributed by atoms with Gasteiger partial charge in [0.1, 0.15) is 38.8 Å². The number of benzene rings is 2. The Bertz CT molecular complexity index is 1100. The minimum absolute atomic E-state index is 0.313. The lowest BCUT2D eigenvalue weighted by Crippen LogP contribution is -3.27. The summed E-state index contributed by atoms with van der Waals surface area (Å²) in [5.41, 5.74) is 6.68.